The highest BCUT2D eigenvalue weighted by molar-refractivity contribution is 5.25. The summed E-state index contributed by atoms with van der Waals surface area (Å²) >= 11 is 0. The Morgan fingerprint density at radius 1 is 1.29 bits per heavy atom. The van der Waals surface area contributed by atoms with E-state index in [-0.39, 0.29) is 5.41 Å². The molecule has 2 rings (SSSR count). The summed E-state index contributed by atoms with van der Waals surface area (Å²) in [5, 5.41) is 3.54. The van der Waals surface area contributed by atoms with Crippen molar-refractivity contribution in [2.24, 2.45) is 0 Å². The largest absolute Gasteiger partial charge is 0.376 e. The summed E-state index contributed by atoms with van der Waals surface area (Å²) in [6, 6.07) is 10.9. The van der Waals surface area contributed by atoms with Gasteiger partial charge in [-0.2, -0.15) is 0 Å². The van der Waals surface area contributed by atoms with Gasteiger partial charge in [-0.15, -0.1) is 0 Å². The van der Waals surface area contributed by atoms with Gasteiger partial charge in [0.2, 0.25) is 0 Å². The third-order valence-electron chi connectivity index (χ3n) is 4.49. The van der Waals surface area contributed by atoms with Crippen LogP contribution in [-0.4, -0.2) is 50.3 Å². The average molecular weight is 290 g/mol. The molecule has 1 N–H and O–H groups in total. The number of nitrogens with zero attached hydrogens (tertiary/aromatic N) is 1. The Balaban J connectivity index is 2.09. The quantitative estimate of drug-likeness (QED) is 0.835. The molecule has 1 aliphatic heterocycles. The van der Waals surface area contributed by atoms with E-state index in [0.29, 0.717) is 6.10 Å². The van der Waals surface area contributed by atoms with Crippen molar-refractivity contribution in [3.63, 3.8) is 0 Å². The van der Waals surface area contributed by atoms with Crippen molar-refractivity contribution in [3.8, 4) is 0 Å². The van der Waals surface area contributed by atoms with Crippen LogP contribution in [-0.2, 0) is 10.2 Å². The molecule has 0 bridgehead atoms. The van der Waals surface area contributed by atoms with Crippen molar-refractivity contribution in [3.05, 3.63) is 35.9 Å². The second-order valence-electron chi connectivity index (χ2n) is 6.34. The molecule has 1 heterocycles. The Labute approximate surface area is 129 Å². The minimum atomic E-state index is 0.146. The number of likely N-dealkylation sites (N-methyl/N-ethyl adjacent to an activating group) is 1. The first-order valence-corrected chi connectivity index (χ1v) is 8.28. The van der Waals surface area contributed by atoms with E-state index in [4.69, 9.17) is 4.74 Å². The first kappa shape index (κ1) is 16.5. The molecular weight excluding hydrogens is 260 g/mol. The number of ether oxygens (including phenoxy) is 1. The van der Waals surface area contributed by atoms with Crippen LogP contribution in [0.4, 0.5) is 0 Å². The first-order chi connectivity index (χ1) is 10.2. The smallest absolute Gasteiger partial charge is 0.0700 e. The lowest BCUT2D eigenvalue weighted by molar-refractivity contribution is -0.0354. The van der Waals surface area contributed by atoms with Crippen LogP contribution in [0, 0.1) is 0 Å². The molecule has 0 radical (unpaired) electrons. The monoisotopic (exact) mass is 290 g/mol. The summed E-state index contributed by atoms with van der Waals surface area (Å²) in [4.78, 5) is 2.57. The fourth-order valence-corrected chi connectivity index (χ4v) is 3.16. The van der Waals surface area contributed by atoms with Crippen LogP contribution in [0.2, 0.25) is 0 Å². The van der Waals surface area contributed by atoms with E-state index in [1.807, 2.05) is 0 Å². The maximum atomic E-state index is 5.80. The van der Waals surface area contributed by atoms with Gasteiger partial charge in [-0.25, -0.2) is 0 Å². The number of nitrogens with one attached hydrogen (secondary N) is 1. The third kappa shape index (κ3) is 4.53. The molecule has 0 aromatic heterocycles. The molecule has 21 heavy (non-hydrogen) atoms. The average Bonchev–Trinajstić information content (AvgIpc) is 2.54. The van der Waals surface area contributed by atoms with Gasteiger partial charge in [-0.05, 0) is 18.5 Å². The lowest BCUT2D eigenvalue weighted by Gasteiger charge is -2.40. The zero-order valence-corrected chi connectivity index (χ0v) is 13.8. The van der Waals surface area contributed by atoms with Gasteiger partial charge in [0.15, 0.2) is 0 Å². The van der Waals surface area contributed by atoms with Gasteiger partial charge in [-0.1, -0.05) is 51.1 Å². The van der Waals surface area contributed by atoms with Crippen molar-refractivity contribution >= 4 is 0 Å². The molecule has 2 atom stereocenters. The zero-order chi connectivity index (χ0) is 15.1. The molecule has 0 amide bonds. The second-order valence-corrected chi connectivity index (χ2v) is 6.34. The Morgan fingerprint density at radius 2 is 2.05 bits per heavy atom. The first-order valence-electron chi connectivity index (χ1n) is 8.28. The molecular formula is C18H30N2O. The van der Waals surface area contributed by atoms with E-state index in [1.54, 1.807) is 0 Å². The maximum Gasteiger partial charge on any atom is 0.0700 e. The summed E-state index contributed by atoms with van der Waals surface area (Å²) in [5.41, 5.74) is 1.57. The molecule has 118 valence electrons. The standard InChI is InChI=1S/C18H30N2O/c1-4-17-13-20(11-12-21-17)15-18(3,14-19-5-2)16-9-7-6-8-10-16/h6-10,17,19H,4-5,11-15H2,1-3H3. The summed E-state index contributed by atoms with van der Waals surface area (Å²) in [6.45, 7) is 12.9. The van der Waals surface area contributed by atoms with E-state index in [9.17, 15) is 0 Å². The highest BCUT2D eigenvalue weighted by Crippen LogP contribution is 2.25. The Hall–Kier alpha value is -0.900. The van der Waals surface area contributed by atoms with Gasteiger partial charge < -0.3 is 10.1 Å². The number of hydrogen-bond donors (Lipinski definition) is 1. The molecule has 1 aromatic rings. The van der Waals surface area contributed by atoms with Crippen molar-refractivity contribution in [1.29, 1.82) is 0 Å². The molecule has 3 heteroatoms. The highest BCUT2D eigenvalue weighted by Gasteiger charge is 2.31. The molecule has 1 aliphatic rings. The van der Waals surface area contributed by atoms with Gasteiger partial charge in [-0.3, -0.25) is 4.90 Å². The van der Waals surface area contributed by atoms with E-state index < -0.39 is 0 Å². The highest BCUT2D eigenvalue weighted by atomic mass is 16.5. The van der Waals surface area contributed by atoms with Crippen molar-refractivity contribution < 1.29 is 4.74 Å². The van der Waals surface area contributed by atoms with E-state index in [1.165, 1.54) is 5.56 Å². The van der Waals surface area contributed by atoms with Crippen LogP contribution in [0.5, 0.6) is 0 Å². The van der Waals surface area contributed by atoms with Gasteiger partial charge in [0.25, 0.3) is 0 Å². The van der Waals surface area contributed by atoms with E-state index in [0.717, 1.165) is 45.8 Å². The predicted molar refractivity (Wildman–Crippen MR) is 88.8 cm³/mol. The molecule has 0 aliphatic carbocycles. The SMILES string of the molecule is CCNCC(C)(CN1CCOC(CC)C1)c1ccccc1. The maximum absolute atomic E-state index is 5.80. The lowest BCUT2D eigenvalue weighted by atomic mass is 9.81. The zero-order valence-electron chi connectivity index (χ0n) is 13.8. The van der Waals surface area contributed by atoms with Crippen LogP contribution < -0.4 is 5.32 Å². The number of hydrogen-bond acceptors (Lipinski definition) is 3. The summed E-state index contributed by atoms with van der Waals surface area (Å²) in [5.74, 6) is 0. The fraction of sp³-hybridized carbons (Fsp3) is 0.667. The molecule has 0 saturated carbocycles. The number of morpholine rings is 1. The minimum Gasteiger partial charge on any atom is -0.376 e. The van der Waals surface area contributed by atoms with Crippen molar-refractivity contribution in [2.75, 3.05) is 39.3 Å². The summed E-state index contributed by atoms with van der Waals surface area (Å²) in [7, 11) is 0. The van der Waals surface area contributed by atoms with Gasteiger partial charge >= 0.3 is 0 Å². The van der Waals surface area contributed by atoms with E-state index in [2.05, 4.69) is 61.3 Å². The molecule has 1 aromatic carbocycles. The molecule has 1 fully saturated rings. The van der Waals surface area contributed by atoms with E-state index >= 15 is 0 Å². The van der Waals surface area contributed by atoms with Gasteiger partial charge in [0.05, 0.1) is 12.7 Å². The number of rotatable bonds is 7. The van der Waals surface area contributed by atoms with Crippen LogP contribution in [0.25, 0.3) is 0 Å². The predicted octanol–water partition coefficient (Wildman–Crippen LogP) is 2.66. The number of benzene rings is 1. The minimum absolute atomic E-state index is 0.146. The van der Waals surface area contributed by atoms with Crippen LogP contribution in [0.1, 0.15) is 32.8 Å². The molecule has 2 unspecified atom stereocenters. The molecule has 1 saturated heterocycles. The summed E-state index contributed by atoms with van der Waals surface area (Å²) in [6.07, 6.45) is 1.50. The summed E-state index contributed by atoms with van der Waals surface area (Å²) < 4.78 is 5.80. The Bertz CT molecular complexity index is 409. The van der Waals surface area contributed by atoms with Gasteiger partial charge in [0, 0.05) is 31.6 Å². The molecule has 3 nitrogen and oxygen atoms in total. The van der Waals surface area contributed by atoms with Crippen LogP contribution in [0.15, 0.2) is 30.3 Å². The van der Waals surface area contributed by atoms with Gasteiger partial charge in [0.1, 0.15) is 0 Å². The fourth-order valence-electron chi connectivity index (χ4n) is 3.16. The third-order valence-corrected chi connectivity index (χ3v) is 4.49. The van der Waals surface area contributed by atoms with Crippen molar-refractivity contribution in [2.45, 2.75) is 38.7 Å². The topological polar surface area (TPSA) is 24.5 Å². The Kier molecular flexibility index (Phi) is 6.22. The van der Waals surface area contributed by atoms with Crippen LogP contribution in [0.3, 0.4) is 0 Å². The normalized spacial score (nSPS) is 22.9. The Morgan fingerprint density at radius 3 is 2.71 bits per heavy atom. The lowest BCUT2D eigenvalue weighted by Crippen LogP contribution is -2.50. The second kappa shape index (κ2) is 7.92. The van der Waals surface area contributed by atoms with Crippen molar-refractivity contribution in [1.82, 2.24) is 10.2 Å². The molecule has 0 spiro atoms. The van der Waals surface area contributed by atoms with Crippen LogP contribution >= 0.6 is 0 Å².